The standard InChI is InChI=1S/C9H12ClN3/c1-13(2)7-11-12-9-5-3-8(10)4-6-9/h3-7,12H,1-2H3/b11-7+. The van der Waals surface area contributed by atoms with Gasteiger partial charge < -0.3 is 4.90 Å². The van der Waals surface area contributed by atoms with Crippen molar-refractivity contribution in [2.24, 2.45) is 5.10 Å². The quantitative estimate of drug-likeness (QED) is 0.457. The fraction of sp³-hybridized carbons (Fsp3) is 0.222. The van der Waals surface area contributed by atoms with Crippen LogP contribution in [-0.2, 0) is 0 Å². The molecule has 1 aromatic rings. The molecule has 1 N–H and O–H groups in total. The Morgan fingerprint density at radius 1 is 1.31 bits per heavy atom. The van der Waals surface area contributed by atoms with Crippen LogP contribution in [0.5, 0.6) is 0 Å². The van der Waals surface area contributed by atoms with Gasteiger partial charge in [-0.2, -0.15) is 5.10 Å². The fourth-order valence-electron chi connectivity index (χ4n) is 0.743. The van der Waals surface area contributed by atoms with Crippen LogP contribution in [0.1, 0.15) is 0 Å². The van der Waals surface area contributed by atoms with Crippen LogP contribution in [0, 0.1) is 0 Å². The summed E-state index contributed by atoms with van der Waals surface area (Å²) in [6.07, 6.45) is 1.69. The van der Waals surface area contributed by atoms with Crippen molar-refractivity contribution >= 4 is 23.6 Å². The molecule has 0 saturated heterocycles. The molecular weight excluding hydrogens is 186 g/mol. The fourth-order valence-corrected chi connectivity index (χ4v) is 0.869. The molecule has 0 atom stereocenters. The molecule has 1 rings (SSSR count). The van der Waals surface area contributed by atoms with Gasteiger partial charge in [0.25, 0.3) is 0 Å². The normalized spacial score (nSPS) is 10.4. The van der Waals surface area contributed by atoms with Crippen molar-refractivity contribution in [3.63, 3.8) is 0 Å². The minimum Gasteiger partial charge on any atom is -0.367 e. The summed E-state index contributed by atoms with van der Waals surface area (Å²) in [6, 6.07) is 7.37. The molecule has 0 fully saturated rings. The van der Waals surface area contributed by atoms with Crippen LogP contribution in [-0.4, -0.2) is 25.3 Å². The van der Waals surface area contributed by atoms with E-state index in [4.69, 9.17) is 11.6 Å². The summed E-state index contributed by atoms with van der Waals surface area (Å²) in [5.41, 5.74) is 3.79. The van der Waals surface area contributed by atoms with Crippen LogP contribution in [0.25, 0.3) is 0 Å². The number of rotatable bonds is 3. The van der Waals surface area contributed by atoms with Gasteiger partial charge in [0.15, 0.2) is 0 Å². The monoisotopic (exact) mass is 197 g/mol. The van der Waals surface area contributed by atoms with Gasteiger partial charge in [-0.3, -0.25) is 5.43 Å². The Bertz CT molecular complexity index is 279. The van der Waals surface area contributed by atoms with Gasteiger partial charge in [-0.15, -0.1) is 0 Å². The summed E-state index contributed by atoms with van der Waals surface area (Å²) < 4.78 is 0. The van der Waals surface area contributed by atoms with E-state index in [-0.39, 0.29) is 0 Å². The lowest BCUT2D eigenvalue weighted by molar-refractivity contribution is 0.641. The molecule has 4 heteroatoms. The average molecular weight is 198 g/mol. The first-order valence-corrected chi connectivity index (χ1v) is 4.27. The summed E-state index contributed by atoms with van der Waals surface area (Å²) in [4.78, 5) is 1.85. The molecule has 1 aromatic carbocycles. The van der Waals surface area contributed by atoms with Crippen LogP contribution in [0.2, 0.25) is 5.02 Å². The van der Waals surface area contributed by atoms with E-state index in [0.29, 0.717) is 0 Å². The summed E-state index contributed by atoms with van der Waals surface area (Å²) in [5.74, 6) is 0. The van der Waals surface area contributed by atoms with E-state index in [9.17, 15) is 0 Å². The number of nitrogens with zero attached hydrogens (tertiary/aromatic N) is 2. The highest BCUT2D eigenvalue weighted by molar-refractivity contribution is 6.30. The maximum absolute atomic E-state index is 5.72. The van der Waals surface area contributed by atoms with Gasteiger partial charge >= 0.3 is 0 Å². The molecule has 0 saturated carbocycles. The van der Waals surface area contributed by atoms with Crippen LogP contribution >= 0.6 is 11.6 Å². The van der Waals surface area contributed by atoms with Crippen molar-refractivity contribution < 1.29 is 0 Å². The number of hydrazone groups is 1. The van der Waals surface area contributed by atoms with Crippen molar-refractivity contribution in [2.45, 2.75) is 0 Å². The highest BCUT2D eigenvalue weighted by atomic mass is 35.5. The molecule has 0 radical (unpaired) electrons. The SMILES string of the molecule is CN(C)/C=N/Nc1ccc(Cl)cc1. The van der Waals surface area contributed by atoms with E-state index in [2.05, 4.69) is 10.5 Å². The molecule has 0 spiro atoms. The van der Waals surface area contributed by atoms with Crippen molar-refractivity contribution in [2.75, 3.05) is 19.5 Å². The predicted molar refractivity (Wildman–Crippen MR) is 57.3 cm³/mol. The molecular formula is C9H12ClN3. The van der Waals surface area contributed by atoms with Crippen LogP contribution < -0.4 is 5.43 Å². The van der Waals surface area contributed by atoms with Gasteiger partial charge in [0.05, 0.1) is 5.69 Å². The van der Waals surface area contributed by atoms with E-state index in [0.717, 1.165) is 10.7 Å². The third-order valence-corrected chi connectivity index (χ3v) is 1.58. The number of benzene rings is 1. The Labute approximate surface area is 83.0 Å². The molecule has 3 nitrogen and oxygen atoms in total. The second-order valence-electron chi connectivity index (χ2n) is 2.83. The number of halogens is 1. The summed E-state index contributed by atoms with van der Waals surface area (Å²) in [6.45, 7) is 0. The molecule has 70 valence electrons. The minimum atomic E-state index is 0.724. The van der Waals surface area contributed by atoms with E-state index < -0.39 is 0 Å². The molecule has 0 aliphatic heterocycles. The van der Waals surface area contributed by atoms with Crippen molar-refractivity contribution in [1.82, 2.24) is 4.90 Å². The number of nitrogens with one attached hydrogen (secondary N) is 1. The van der Waals surface area contributed by atoms with Crippen molar-refractivity contribution in [1.29, 1.82) is 0 Å². The number of hydrogen-bond acceptors (Lipinski definition) is 2. The van der Waals surface area contributed by atoms with E-state index in [1.165, 1.54) is 0 Å². The van der Waals surface area contributed by atoms with E-state index in [1.54, 1.807) is 6.34 Å². The first kappa shape index (κ1) is 9.86. The molecule has 0 amide bonds. The summed E-state index contributed by atoms with van der Waals surface area (Å²) in [5, 5.41) is 4.70. The lowest BCUT2D eigenvalue weighted by Crippen LogP contribution is -2.08. The van der Waals surface area contributed by atoms with Crippen molar-refractivity contribution in [3.05, 3.63) is 29.3 Å². The number of anilines is 1. The molecule has 0 aromatic heterocycles. The highest BCUT2D eigenvalue weighted by Gasteiger charge is 1.88. The molecule has 0 aliphatic carbocycles. The topological polar surface area (TPSA) is 27.6 Å². The van der Waals surface area contributed by atoms with Gasteiger partial charge in [0.2, 0.25) is 0 Å². The van der Waals surface area contributed by atoms with Crippen LogP contribution in [0.15, 0.2) is 29.4 Å². The summed E-state index contributed by atoms with van der Waals surface area (Å²) >= 11 is 5.72. The van der Waals surface area contributed by atoms with E-state index in [1.807, 2.05) is 43.3 Å². The summed E-state index contributed by atoms with van der Waals surface area (Å²) in [7, 11) is 3.82. The van der Waals surface area contributed by atoms with E-state index >= 15 is 0 Å². The molecule has 13 heavy (non-hydrogen) atoms. The van der Waals surface area contributed by atoms with Gasteiger partial charge in [-0.1, -0.05) is 11.6 Å². The zero-order valence-corrected chi connectivity index (χ0v) is 8.42. The third-order valence-electron chi connectivity index (χ3n) is 1.33. The Morgan fingerprint density at radius 2 is 1.92 bits per heavy atom. The second kappa shape index (κ2) is 4.72. The Balaban J connectivity index is 2.50. The second-order valence-corrected chi connectivity index (χ2v) is 3.26. The lowest BCUT2D eigenvalue weighted by atomic mass is 10.3. The zero-order chi connectivity index (χ0) is 9.68. The largest absolute Gasteiger partial charge is 0.367 e. The van der Waals surface area contributed by atoms with Gasteiger partial charge in [-0.05, 0) is 24.3 Å². The predicted octanol–water partition coefficient (Wildman–Crippen LogP) is 2.26. The van der Waals surface area contributed by atoms with Gasteiger partial charge in [-0.25, -0.2) is 0 Å². The minimum absolute atomic E-state index is 0.724. The Hall–Kier alpha value is -1.22. The maximum atomic E-state index is 5.72. The first-order valence-electron chi connectivity index (χ1n) is 3.89. The Kier molecular flexibility index (Phi) is 3.58. The van der Waals surface area contributed by atoms with Gasteiger partial charge in [0.1, 0.15) is 6.34 Å². The highest BCUT2D eigenvalue weighted by Crippen LogP contribution is 2.12. The molecule has 0 aliphatic rings. The number of hydrogen-bond donors (Lipinski definition) is 1. The molecule has 0 unspecified atom stereocenters. The van der Waals surface area contributed by atoms with Crippen molar-refractivity contribution in [3.8, 4) is 0 Å². The van der Waals surface area contributed by atoms with Crippen LogP contribution in [0.3, 0.4) is 0 Å². The molecule has 0 heterocycles. The maximum Gasteiger partial charge on any atom is 0.111 e. The zero-order valence-electron chi connectivity index (χ0n) is 7.66. The van der Waals surface area contributed by atoms with Gasteiger partial charge in [0, 0.05) is 19.1 Å². The lowest BCUT2D eigenvalue weighted by Gasteiger charge is -2.03. The molecule has 0 bridgehead atoms. The smallest absolute Gasteiger partial charge is 0.111 e. The third kappa shape index (κ3) is 3.80. The Morgan fingerprint density at radius 3 is 2.46 bits per heavy atom. The first-order chi connectivity index (χ1) is 6.18. The van der Waals surface area contributed by atoms with Crippen LogP contribution in [0.4, 0.5) is 5.69 Å². The average Bonchev–Trinajstić information content (AvgIpc) is 2.08.